The summed E-state index contributed by atoms with van der Waals surface area (Å²) in [6.07, 6.45) is 4.36. The predicted octanol–water partition coefficient (Wildman–Crippen LogP) is 3.97. The van der Waals surface area contributed by atoms with Crippen LogP contribution in [0.4, 0.5) is 15.8 Å². The van der Waals surface area contributed by atoms with Crippen molar-refractivity contribution in [1.82, 2.24) is 9.97 Å². The highest BCUT2D eigenvalue weighted by molar-refractivity contribution is 7.86. The molecule has 8 heteroatoms. The Balaban J connectivity index is 1.55. The van der Waals surface area contributed by atoms with Gasteiger partial charge in [0.25, 0.3) is 0 Å². The molecule has 1 aliphatic rings. The summed E-state index contributed by atoms with van der Waals surface area (Å²) in [7, 11) is -1.57. The number of hydrogen-bond donors (Lipinski definition) is 1. The molecular weight excluding hydrogens is 387 g/mol. The topological polar surface area (TPSA) is 58.1 Å². The number of halogens is 2. The fraction of sp³-hybridized carbons (Fsp3) is 0.158. The highest BCUT2D eigenvalue weighted by Crippen LogP contribution is 2.29. The van der Waals surface area contributed by atoms with Crippen LogP contribution in [0.15, 0.2) is 59.8 Å². The predicted molar refractivity (Wildman–Crippen MR) is 105 cm³/mol. The van der Waals surface area contributed by atoms with Crippen molar-refractivity contribution < 1.29 is 8.60 Å². The van der Waals surface area contributed by atoms with Gasteiger partial charge in [0.05, 0.1) is 22.5 Å². The highest BCUT2D eigenvalue weighted by Gasteiger charge is 2.19. The zero-order valence-electron chi connectivity index (χ0n) is 14.2. The molecule has 27 heavy (non-hydrogen) atoms. The van der Waals surface area contributed by atoms with E-state index in [9.17, 15) is 8.60 Å². The number of benzene rings is 1. The summed E-state index contributed by atoms with van der Waals surface area (Å²) in [5.74, 6) is -0.377. The molecule has 0 saturated heterocycles. The maximum atomic E-state index is 13.0. The number of fused-ring (bicyclic) bond motifs is 1. The summed E-state index contributed by atoms with van der Waals surface area (Å²) < 4.78 is 28.4. The molecule has 1 aliphatic heterocycles. The van der Waals surface area contributed by atoms with Crippen molar-refractivity contribution in [3.05, 3.63) is 77.1 Å². The summed E-state index contributed by atoms with van der Waals surface area (Å²) in [4.78, 5) is 11.3. The molecule has 1 unspecified atom stereocenters. The number of nitrogens with one attached hydrogen (secondary N) is 1. The maximum Gasteiger partial charge on any atom is 0.153 e. The highest BCUT2D eigenvalue weighted by atomic mass is 35.5. The van der Waals surface area contributed by atoms with Gasteiger partial charge in [0.1, 0.15) is 16.8 Å². The van der Waals surface area contributed by atoms with E-state index in [4.69, 9.17) is 11.6 Å². The number of nitrogens with zero attached hydrogens (tertiary/aromatic N) is 3. The first-order valence-electron chi connectivity index (χ1n) is 8.37. The average molecular weight is 403 g/mol. The quantitative estimate of drug-likeness (QED) is 0.671. The SMILES string of the molecule is O=S(Nc1cc(N2CCc3ncccc3C2)cnc1Cl)c1ccc(F)cc1. The van der Waals surface area contributed by atoms with Gasteiger partial charge in [0.2, 0.25) is 0 Å². The minimum atomic E-state index is -1.57. The van der Waals surface area contributed by atoms with E-state index in [1.807, 2.05) is 18.3 Å². The van der Waals surface area contributed by atoms with E-state index in [0.717, 1.165) is 30.9 Å². The van der Waals surface area contributed by atoms with Crippen molar-refractivity contribution in [2.24, 2.45) is 0 Å². The molecule has 3 heterocycles. The van der Waals surface area contributed by atoms with Crippen molar-refractivity contribution >= 4 is 34.0 Å². The lowest BCUT2D eigenvalue weighted by Gasteiger charge is -2.30. The largest absolute Gasteiger partial charge is 0.365 e. The molecule has 138 valence electrons. The first-order chi connectivity index (χ1) is 13.1. The first kappa shape index (κ1) is 17.9. The van der Waals surface area contributed by atoms with E-state index < -0.39 is 11.0 Å². The fourth-order valence-corrected chi connectivity index (χ4v) is 4.05. The molecule has 2 aromatic heterocycles. The lowest BCUT2D eigenvalue weighted by molar-refractivity contribution is 0.626. The molecule has 1 N–H and O–H groups in total. The molecule has 0 saturated carbocycles. The van der Waals surface area contributed by atoms with Crippen LogP contribution in [-0.4, -0.2) is 20.7 Å². The van der Waals surface area contributed by atoms with Gasteiger partial charge in [-0.25, -0.2) is 13.6 Å². The van der Waals surface area contributed by atoms with E-state index in [0.29, 0.717) is 10.6 Å². The smallest absolute Gasteiger partial charge is 0.153 e. The second kappa shape index (κ2) is 7.62. The molecule has 1 aromatic carbocycles. The lowest BCUT2D eigenvalue weighted by atomic mass is 10.1. The Bertz CT molecular complexity index is 999. The van der Waals surface area contributed by atoms with Crippen molar-refractivity contribution in [2.45, 2.75) is 17.9 Å². The summed E-state index contributed by atoms with van der Waals surface area (Å²) >= 11 is 6.18. The van der Waals surface area contributed by atoms with Gasteiger partial charge in [0.15, 0.2) is 5.15 Å². The molecule has 5 nitrogen and oxygen atoms in total. The number of pyridine rings is 2. The van der Waals surface area contributed by atoms with Gasteiger partial charge in [-0.05, 0) is 42.0 Å². The van der Waals surface area contributed by atoms with Gasteiger partial charge < -0.3 is 4.90 Å². The summed E-state index contributed by atoms with van der Waals surface area (Å²) in [5.41, 5.74) is 3.65. The Hall–Kier alpha value is -2.51. The van der Waals surface area contributed by atoms with Crippen LogP contribution < -0.4 is 9.62 Å². The van der Waals surface area contributed by atoms with Crippen LogP contribution in [0.1, 0.15) is 11.3 Å². The van der Waals surface area contributed by atoms with Gasteiger partial charge in [-0.2, -0.15) is 0 Å². The second-order valence-electron chi connectivity index (χ2n) is 6.14. The van der Waals surface area contributed by atoms with E-state index in [-0.39, 0.29) is 11.0 Å². The lowest BCUT2D eigenvalue weighted by Crippen LogP contribution is -2.31. The minimum Gasteiger partial charge on any atom is -0.365 e. The van der Waals surface area contributed by atoms with Crippen LogP contribution in [0.5, 0.6) is 0 Å². The van der Waals surface area contributed by atoms with Crippen LogP contribution in [0.25, 0.3) is 0 Å². The molecule has 0 fully saturated rings. The third-order valence-corrected chi connectivity index (χ3v) is 5.79. The van der Waals surface area contributed by atoms with Gasteiger partial charge in [-0.1, -0.05) is 17.7 Å². The van der Waals surface area contributed by atoms with Gasteiger partial charge in [-0.15, -0.1) is 0 Å². The van der Waals surface area contributed by atoms with Crippen LogP contribution in [0.3, 0.4) is 0 Å². The maximum absolute atomic E-state index is 13.0. The Kier molecular flexibility index (Phi) is 5.05. The van der Waals surface area contributed by atoms with Crippen molar-refractivity contribution in [2.75, 3.05) is 16.2 Å². The van der Waals surface area contributed by atoms with E-state index in [2.05, 4.69) is 25.7 Å². The van der Waals surface area contributed by atoms with Crippen LogP contribution >= 0.6 is 11.6 Å². The minimum absolute atomic E-state index is 0.230. The molecule has 0 bridgehead atoms. The zero-order valence-corrected chi connectivity index (χ0v) is 15.8. The first-order valence-corrected chi connectivity index (χ1v) is 9.90. The van der Waals surface area contributed by atoms with Crippen LogP contribution in [-0.2, 0) is 24.0 Å². The molecule has 1 atom stereocenters. The third-order valence-electron chi connectivity index (χ3n) is 4.38. The van der Waals surface area contributed by atoms with Crippen LogP contribution in [0, 0.1) is 5.82 Å². The van der Waals surface area contributed by atoms with Crippen LogP contribution in [0.2, 0.25) is 5.15 Å². The standard InChI is InChI=1S/C19H16ClFN4OS/c20-19-18(24-27(26)16-5-3-14(21)4-6-16)10-15(11-23-19)25-9-7-17-13(12-25)2-1-8-22-17/h1-6,8,10-11,24H,7,9,12H2. The van der Waals surface area contributed by atoms with Crippen molar-refractivity contribution in [3.63, 3.8) is 0 Å². The Morgan fingerprint density at radius 2 is 2.00 bits per heavy atom. The fourth-order valence-electron chi connectivity index (χ4n) is 2.98. The average Bonchev–Trinajstić information content (AvgIpc) is 2.69. The van der Waals surface area contributed by atoms with Gasteiger partial charge in [-0.3, -0.25) is 9.71 Å². The molecular formula is C19H16ClFN4OS. The third kappa shape index (κ3) is 3.94. The number of anilines is 2. The Morgan fingerprint density at radius 1 is 1.19 bits per heavy atom. The Labute approximate surface area is 163 Å². The molecule has 0 amide bonds. The normalized spacial score (nSPS) is 14.5. The second-order valence-corrected chi connectivity index (χ2v) is 7.71. The molecule has 4 rings (SSSR count). The number of rotatable bonds is 4. The molecule has 0 spiro atoms. The molecule has 0 aliphatic carbocycles. The number of aromatic nitrogens is 2. The van der Waals surface area contributed by atoms with E-state index in [1.54, 1.807) is 6.20 Å². The van der Waals surface area contributed by atoms with Gasteiger partial charge >= 0.3 is 0 Å². The zero-order chi connectivity index (χ0) is 18.8. The van der Waals surface area contributed by atoms with Gasteiger partial charge in [0, 0.05) is 31.4 Å². The Morgan fingerprint density at radius 3 is 2.81 bits per heavy atom. The molecule has 0 radical (unpaired) electrons. The summed E-state index contributed by atoms with van der Waals surface area (Å²) in [6, 6.07) is 11.3. The van der Waals surface area contributed by atoms with E-state index in [1.165, 1.54) is 29.8 Å². The van der Waals surface area contributed by atoms with E-state index >= 15 is 0 Å². The summed E-state index contributed by atoms with van der Waals surface area (Å²) in [5, 5.41) is 0.230. The summed E-state index contributed by atoms with van der Waals surface area (Å²) in [6.45, 7) is 1.54. The van der Waals surface area contributed by atoms with Crippen molar-refractivity contribution in [3.8, 4) is 0 Å². The monoisotopic (exact) mass is 402 g/mol. The van der Waals surface area contributed by atoms with Crippen molar-refractivity contribution in [1.29, 1.82) is 0 Å². The molecule has 3 aromatic rings. The number of hydrogen-bond acceptors (Lipinski definition) is 4.